The van der Waals surface area contributed by atoms with Crippen LogP contribution in [-0.4, -0.2) is 25.2 Å². The Morgan fingerprint density at radius 1 is 1.38 bits per heavy atom. The van der Waals surface area contributed by atoms with Crippen molar-refractivity contribution in [1.82, 2.24) is 10.6 Å². The van der Waals surface area contributed by atoms with E-state index in [0.717, 1.165) is 5.92 Å². The van der Waals surface area contributed by atoms with Crippen LogP contribution >= 0.6 is 0 Å². The molecule has 1 saturated heterocycles. The maximum atomic E-state index is 3.76. The second-order valence-electron chi connectivity index (χ2n) is 5.01. The molecule has 2 fully saturated rings. The van der Waals surface area contributed by atoms with Crippen molar-refractivity contribution in [2.24, 2.45) is 5.92 Å². The fraction of sp³-hybridized carbons (Fsp3) is 1.00. The zero-order valence-electron chi connectivity index (χ0n) is 8.73. The lowest BCUT2D eigenvalue weighted by atomic mass is 9.99. The first-order valence-corrected chi connectivity index (χ1v) is 5.74. The molecule has 1 saturated carbocycles. The largest absolute Gasteiger partial charge is 0.316 e. The number of hydrogen-bond donors (Lipinski definition) is 2. The molecule has 0 bridgehead atoms. The highest BCUT2D eigenvalue weighted by molar-refractivity contribution is 4.89. The number of nitrogens with one attached hydrogen (secondary N) is 2. The third-order valence-corrected chi connectivity index (χ3v) is 3.69. The van der Waals surface area contributed by atoms with E-state index in [4.69, 9.17) is 0 Å². The van der Waals surface area contributed by atoms with Gasteiger partial charge >= 0.3 is 0 Å². The van der Waals surface area contributed by atoms with Crippen LogP contribution in [0.25, 0.3) is 0 Å². The van der Waals surface area contributed by atoms with Gasteiger partial charge in [-0.05, 0) is 51.7 Å². The Morgan fingerprint density at radius 3 is 2.77 bits per heavy atom. The molecule has 0 aromatic rings. The molecule has 2 aliphatic rings. The summed E-state index contributed by atoms with van der Waals surface area (Å²) < 4.78 is 0. The molecule has 0 aromatic heterocycles. The average molecular weight is 182 g/mol. The molecule has 1 heterocycles. The van der Waals surface area contributed by atoms with Gasteiger partial charge in [0, 0.05) is 5.54 Å². The number of rotatable bonds is 3. The molecule has 1 aliphatic carbocycles. The summed E-state index contributed by atoms with van der Waals surface area (Å²) in [7, 11) is 0. The van der Waals surface area contributed by atoms with Crippen LogP contribution in [0.15, 0.2) is 0 Å². The molecule has 0 aromatic carbocycles. The van der Waals surface area contributed by atoms with Gasteiger partial charge in [-0.1, -0.05) is 12.8 Å². The highest BCUT2D eigenvalue weighted by atomic mass is 15.0. The summed E-state index contributed by atoms with van der Waals surface area (Å²) in [5.74, 6) is 0.887. The van der Waals surface area contributed by atoms with Crippen molar-refractivity contribution in [3.63, 3.8) is 0 Å². The summed E-state index contributed by atoms with van der Waals surface area (Å²) in [6, 6.07) is 0. The van der Waals surface area contributed by atoms with Gasteiger partial charge in [0.25, 0.3) is 0 Å². The van der Waals surface area contributed by atoms with Gasteiger partial charge in [-0.2, -0.15) is 0 Å². The first-order chi connectivity index (χ1) is 6.29. The predicted octanol–water partition coefficient (Wildman–Crippen LogP) is 1.52. The Labute approximate surface area is 81.5 Å². The maximum Gasteiger partial charge on any atom is 0.0153 e. The van der Waals surface area contributed by atoms with Gasteiger partial charge in [-0.3, -0.25) is 0 Å². The first-order valence-electron chi connectivity index (χ1n) is 5.74. The fourth-order valence-corrected chi connectivity index (χ4v) is 2.61. The molecular weight excluding hydrogens is 160 g/mol. The second kappa shape index (κ2) is 3.97. The van der Waals surface area contributed by atoms with Gasteiger partial charge in [0.15, 0.2) is 0 Å². The van der Waals surface area contributed by atoms with Crippen molar-refractivity contribution in [1.29, 1.82) is 0 Å². The Kier molecular flexibility index (Phi) is 2.89. The van der Waals surface area contributed by atoms with E-state index >= 15 is 0 Å². The van der Waals surface area contributed by atoms with Crippen LogP contribution in [0.3, 0.4) is 0 Å². The van der Waals surface area contributed by atoms with Crippen molar-refractivity contribution in [3.8, 4) is 0 Å². The zero-order chi connectivity index (χ0) is 9.15. The van der Waals surface area contributed by atoms with Gasteiger partial charge in [0.05, 0.1) is 0 Å². The molecule has 2 N–H and O–H groups in total. The molecule has 1 unspecified atom stereocenters. The Bertz CT molecular complexity index is 155. The van der Waals surface area contributed by atoms with E-state index in [9.17, 15) is 0 Å². The molecule has 2 rings (SSSR count). The predicted molar refractivity (Wildman–Crippen MR) is 55.9 cm³/mol. The topological polar surface area (TPSA) is 24.1 Å². The molecule has 2 nitrogen and oxygen atoms in total. The molecule has 13 heavy (non-hydrogen) atoms. The minimum absolute atomic E-state index is 0.475. The van der Waals surface area contributed by atoms with Crippen molar-refractivity contribution in [3.05, 3.63) is 0 Å². The second-order valence-corrected chi connectivity index (χ2v) is 5.01. The van der Waals surface area contributed by atoms with E-state index in [1.165, 1.54) is 51.7 Å². The quantitative estimate of drug-likeness (QED) is 0.691. The molecular formula is C11H22N2. The summed E-state index contributed by atoms with van der Waals surface area (Å²) in [6.45, 7) is 6.07. The molecule has 0 spiro atoms. The van der Waals surface area contributed by atoms with Crippen molar-refractivity contribution >= 4 is 0 Å². The average Bonchev–Trinajstić information content (AvgIpc) is 2.72. The van der Waals surface area contributed by atoms with Crippen LogP contribution in [0.1, 0.15) is 39.0 Å². The molecule has 76 valence electrons. The monoisotopic (exact) mass is 182 g/mol. The summed E-state index contributed by atoms with van der Waals surface area (Å²) in [5, 5.41) is 7.18. The Balaban J connectivity index is 1.71. The summed E-state index contributed by atoms with van der Waals surface area (Å²) in [5.41, 5.74) is 0.475. The Hall–Kier alpha value is -0.0800. The van der Waals surface area contributed by atoms with Gasteiger partial charge < -0.3 is 10.6 Å². The lowest BCUT2D eigenvalue weighted by molar-refractivity contribution is 0.336. The zero-order valence-corrected chi connectivity index (χ0v) is 8.73. The molecule has 1 atom stereocenters. The SMILES string of the molecule is CC1(NCC2CCNC2)CCCC1. The normalized spacial score (nSPS) is 32.5. The van der Waals surface area contributed by atoms with E-state index in [0.29, 0.717) is 5.54 Å². The van der Waals surface area contributed by atoms with Crippen LogP contribution in [-0.2, 0) is 0 Å². The first kappa shape index (κ1) is 9.47. The highest BCUT2D eigenvalue weighted by Gasteiger charge is 2.28. The standard InChI is InChI=1S/C11H22N2/c1-11(5-2-3-6-11)13-9-10-4-7-12-8-10/h10,12-13H,2-9H2,1H3. The van der Waals surface area contributed by atoms with Crippen molar-refractivity contribution in [2.45, 2.75) is 44.6 Å². The van der Waals surface area contributed by atoms with E-state index in [1.54, 1.807) is 0 Å². The van der Waals surface area contributed by atoms with Crippen molar-refractivity contribution in [2.75, 3.05) is 19.6 Å². The lowest BCUT2D eigenvalue weighted by Gasteiger charge is -2.27. The van der Waals surface area contributed by atoms with E-state index in [2.05, 4.69) is 17.6 Å². The minimum atomic E-state index is 0.475. The van der Waals surface area contributed by atoms with Gasteiger partial charge in [-0.25, -0.2) is 0 Å². The summed E-state index contributed by atoms with van der Waals surface area (Å²) in [6.07, 6.45) is 6.97. The molecule has 0 radical (unpaired) electrons. The highest BCUT2D eigenvalue weighted by Crippen LogP contribution is 2.29. The van der Waals surface area contributed by atoms with Crippen molar-refractivity contribution < 1.29 is 0 Å². The van der Waals surface area contributed by atoms with Crippen LogP contribution < -0.4 is 10.6 Å². The fourth-order valence-electron chi connectivity index (χ4n) is 2.61. The van der Waals surface area contributed by atoms with Crippen LogP contribution in [0.2, 0.25) is 0 Å². The molecule has 0 amide bonds. The molecule has 1 aliphatic heterocycles. The third kappa shape index (κ3) is 2.44. The van der Waals surface area contributed by atoms with E-state index in [-0.39, 0.29) is 0 Å². The van der Waals surface area contributed by atoms with Crippen LogP contribution in [0.5, 0.6) is 0 Å². The van der Waals surface area contributed by atoms with Gasteiger partial charge in [0.2, 0.25) is 0 Å². The lowest BCUT2D eigenvalue weighted by Crippen LogP contribution is -2.42. The number of hydrogen-bond acceptors (Lipinski definition) is 2. The maximum absolute atomic E-state index is 3.76. The minimum Gasteiger partial charge on any atom is -0.316 e. The third-order valence-electron chi connectivity index (χ3n) is 3.69. The van der Waals surface area contributed by atoms with Crippen LogP contribution in [0, 0.1) is 5.92 Å². The van der Waals surface area contributed by atoms with E-state index in [1.807, 2.05) is 0 Å². The van der Waals surface area contributed by atoms with E-state index < -0.39 is 0 Å². The van der Waals surface area contributed by atoms with Gasteiger partial charge in [-0.15, -0.1) is 0 Å². The summed E-state index contributed by atoms with van der Waals surface area (Å²) in [4.78, 5) is 0. The summed E-state index contributed by atoms with van der Waals surface area (Å²) >= 11 is 0. The Morgan fingerprint density at radius 2 is 2.15 bits per heavy atom. The molecule has 2 heteroatoms. The van der Waals surface area contributed by atoms with Crippen LogP contribution in [0.4, 0.5) is 0 Å². The smallest absolute Gasteiger partial charge is 0.0153 e. The van der Waals surface area contributed by atoms with Gasteiger partial charge in [0.1, 0.15) is 0 Å².